The molecule has 32 heavy (non-hydrogen) atoms. The molecule has 1 aliphatic rings. The number of fused-ring (bicyclic) bond motifs is 1. The van der Waals surface area contributed by atoms with Crippen LogP contribution in [0.2, 0.25) is 0 Å². The molecule has 7 nitrogen and oxygen atoms in total. The number of aliphatic imine (C=N–C) groups is 1. The number of anilines is 1. The van der Waals surface area contributed by atoms with Crippen LogP contribution < -0.4 is 15.5 Å². The second-order valence-corrected chi connectivity index (χ2v) is 8.26. The highest BCUT2D eigenvalue weighted by Crippen LogP contribution is 2.21. The molecule has 1 atom stereocenters. The Hall–Kier alpha value is -1.91. The molecular formula is C23H37FIN7. The number of halogens is 2. The summed E-state index contributed by atoms with van der Waals surface area (Å²) >= 11 is 0. The Balaban J connectivity index is 0.00000363. The summed E-state index contributed by atoms with van der Waals surface area (Å²) in [7, 11) is 0. The third-order valence-electron chi connectivity index (χ3n) is 5.61. The molecule has 0 aliphatic carbocycles. The summed E-state index contributed by atoms with van der Waals surface area (Å²) in [6.07, 6.45) is 1.88. The molecule has 2 aromatic rings. The lowest BCUT2D eigenvalue weighted by Gasteiger charge is -2.25. The van der Waals surface area contributed by atoms with Crippen molar-refractivity contribution in [1.82, 2.24) is 25.4 Å². The predicted octanol–water partition coefficient (Wildman–Crippen LogP) is 4.07. The second-order valence-electron chi connectivity index (χ2n) is 8.26. The minimum Gasteiger partial charge on any atom is -0.370 e. The molecule has 0 bridgehead atoms. The molecule has 0 amide bonds. The van der Waals surface area contributed by atoms with Gasteiger partial charge in [-0.25, -0.2) is 19.0 Å². The molecule has 3 rings (SSSR count). The van der Waals surface area contributed by atoms with E-state index in [2.05, 4.69) is 34.6 Å². The van der Waals surface area contributed by atoms with Crippen molar-refractivity contribution in [3.8, 4) is 0 Å². The van der Waals surface area contributed by atoms with Crippen molar-refractivity contribution >= 4 is 35.6 Å². The average molecular weight is 558 g/mol. The van der Waals surface area contributed by atoms with Gasteiger partial charge in [-0.3, -0.25) is 0 Å². The minimum atomic E-state index is -0.193. The monoisotopic (exact) mass is 557 g/mol. The Morgan fingerprint density at radius 3 is 2.66 bits per heavy atom. The van der Waals surface area contributed by atoms with Gasteiger partial charge in [-0.05, 0) is 44.9 Å². The topological polar surface area (TPSA) is 70.4 Å². The first kappa shape index (κ1) is 26.3. The van der Waals surface area contributed by atoms with Gasteiger partial charge in [0.25, 0.3) is 0 Å². The van der Waals surface area contributed by atoms with E-state index in [1.165, 1.54) is 0 Å². The average Bonchev–Trinajstić information content (AvgIpc) is 3.18. The zero-order chi connectivity index (χ0) is 22.4. The van der Waals surface area contributed by atoms with E-state index in [9.17, 15) is 4.39 Å². The third kappa shape index (κ3) is 6.55. The van der Waals surface area contributed by atoms with Gasteiger partial charge >= 0.3 is 0 Å². The normalized spacial score (nSPS) is 15.8. The van der Waals surface area contributed by atoms with Gasteiger partial charge in [-0.1, -0.05) is 19.9 Å². The number of benzene rings is 1. The number of hydrogen-bond acceptors (Lipinski definition) is 4. The first-order valence-corrected chi connectivity index (χ1v) is 11.5. The van der Waals surface area contributed by atoms with Gasteiger partial charge in [0.15, 0.2) is 11.8 Å². The highest BCUT2D eigenvalue weighted by atomic mass is 127. The van der Waals surface area contributed by atoms with Crippen LogP contribution in [0.3, 0.4) is 0 Å². The zero-order valence-corrected chi connectivity index (χ0v) is 22.2. The molecule has 2 N–H and O–H groups in total. The molecule has 1 aromatic carbocycles. The maximum atomic E-state index is 14.6. The lowest BCUT2D eigenvalue weighted by molar-refractivity contribution is 0.391. The van der Waals surface area contributed by atoms with Crippen molar-refractivity contribution in [1.29, 1.82) is 0 Å². The van der Waals surface area contributed by atoms with E-state index < -0.39 is 0 Å². The van der Waals surface area contributed by atoms with Crippen molar-refractivity contribution in [2.45, 2.75) is 72.5 Å². The van der Waals surface area contributed by atoms with Gasteiger partial charge in [0.1, 0.15) is 11.6 Å². The standard InChI is InChI=1S/C23H36FN7.HI/c1-6-25-23(26-14-17-9-11-20(19(24)13-17)30(7-2)8-3)27-18-10-12-21-28-22(16(4)5)29-31(21)15-18;/h9,11,13,16,18H,6-8,10,12,14-15H2,1-5H3,(H2,25,26,27);1H. The summed E-state index contributed by atoms with van der Waals surface area (Å²) in [5.74, 6) is 2.85. The number of aromatic nitrogens is 3. The molecule has 0 radical (unpaired) electrons. The first-order valence-electron chi connectivity index (χ1n) is 11.5. The Kier molecular flexibility index (Phi) is 10.2. The van der Waals surface area contributed by atoms with E-state index in [-0.39, 0.29) is 35.8 Å². The summed E-state index contributed by atoms with van der Waals surface area (Å²) in [5.41, 5.74) is 1.50. The molecule has 1 aliphatic heterocycles. The van der Waals surface area contributed by atoms with Crippen LogP contribution in [-0.4, -0.2) is 46.4 Å². The zero-order valence-electron chi connectivity index (χ0n) is 19.9. The Morgan fingerprint density at radius 2 is 2.03 bits per heavy atom. The first-order chi connectivity index (χ1) is 14.9. The van der Waals surface area contributed by atoms with Crippen molar-refractivity contribution < 1.29 is 4.39 Å². The highest BCUT2D eigenvalue weighted by Gasteiger charge is 2.23. The molecule has 9 heteroatoms. The van der Waals surface area contributed by atoms with Crippen molar-refractivity contribution in [2.24, 2.45) is 4.99 Å². The molecule has 178 valence electrons. The molecule has 0 saturated heterocycles. The summed E-state index contributed by atoms with van der Waals surface area (Å²) < 4.78 is 16.6. The van der Waals surface area contributed by atoms with Crippen LogP contribution in [0.25, 0.3) is 0 Å². The van der Waals surface area contributed by atoms with Crippen LogP contribution >= 0.6 is 24.0 Å². The number of rotatable bonds is 8. The van der Waals surface area contributed by atoms with Crippen LogP contribution in [0.5, 0.6) is 0 Å². The maximum Gasteiger partial charge on any atom is 0.191 e. The fourth-order valence-corrected chi connectivity index (χ4v) is 3.84. The molecular weight excluding hydrogens is 520 g/mol. The fraction of sp³-hybridized carbons (Fsp3) is 0.609. The molecule has 0 fully saturated rings. The maximum absolute atomic E-state index is 14.6. The largest absolute Gasteiger partial charge is 0.370 e. The van der Waals surface area contributed by atoms with Crippen LogP contribution in [0.4, 0.5) is 10.1 Å². The van der Waals surface area contributed by atoms with Gasteiger partial charge in [0, 0.05) is 38.0 Å². The number of nitrogens with one attached hydrogen (secondary N) is 2. The fourth-order valence-electron chi connectivity index (χ4n) is 3.84. The summed E-state index contributed by atoms with van der Waals surface area (Å²) in [5, 5.41) is 11.5. The van der Waals surface area contributed by atoms with Crippen molar-refractivity contribution in [2.75, 3.05) is 24.5 Å². The van der Waals surface area contributed by atoms with Gasteiger partial charge in [-0.2, -0.15) is 5.10 Å². The number of aryl methyl sites for hydroxylation is 1. The van der Waals surface area contributed by atoms with Crippen LogP contribution in [0.1, 0.15) is 64.2 Å². The van der Waals surface area contributed by atoms with E-state index >= 15 is 0 Å². The predicted molar refractivity (Wildman–Crippen MR) is 140 cm³/mol. The number of hydrogen-bond donors (Lipinski definition) is 2. The quantitative estimate of drug-likeness (QED) is 0.291. The lowest BCUT2D eigenvalue weighted by atomic mass is 10.1. The Morgan fingerprint density at radius 1 is 1.28 bits per heavy atom. The van der Waals surface area contributed by atoms with E-state index in [1.807, 2.05) is 42.5 Å². The number of nitrogens with zero attached hydrogens (tertiary/aromatic N) is 5. The van der Waals surface area contributed by atoms with Gasteiger partial charge in [0.05, 0.1) is 18.8 Å². The van der Waals surface area contributed by atoms with Crippen LogP contribution in [0, 0.1) is 5.82 Å². The molecule has 0 spiro atoms. The number of guanidine groups is 1. The summed E-state index contributed by atoms with van der Waals surface area (Å²) in [6, 6.07) is 5.64. The SMILES string of the molecule is CCNC(=NCc1ccc(N(CC)CC)c(F)c1)NC1CCc2nc(C(C)C)nn2C1.I. The lowest BCUT2D eigenvalue weighted by Crippen LogP contribution is -2.47. The van der Waals surface area contributed by atoms with E-state index in [1.54, 1.807) is 6.07 Å². The van der Waals surface area contributed by atoms with Gasteiger partial charge in [-0.15, -0.1) is 24.0 Å². The molecule has 1 aromatic heterocycles. The third-order valence-corrected chi connectivity index (χ3v) is 5.61. The highest BCUT2D eigenvalue weighted by molar-refractivity contribution is 14.0. The van der Waals surface area contributed by atoms with E-state index in [4.69, 9.17) is 4.99 Å². The minimum absolute atomic E-state index is 0. The van der Waals surface area contributed by atoms with Crippen molar-refractivity contribution in [3.63, 3.8) is 0 Å². The molecule has 1 unspecified atom stereocenters. The molecule has 2 heterocycles. The van der Waals surface area contributed by atoms with Crippen LogP contribution in [-0.2, 0) is 19.5 Å². The smallest absolute Gasteiger partial charge is 0.191 e. The van der Waals surface area contributed by atoms with Crippen molar-refractivity contribution in [3.05, 3.63) is 41.2 Å². The van der Waals surface area contributed by atoms with E-state index in [0.29, 0.717) is 18.2 Å². The van der Waals surface area contributed by atoms with Crippen LogP contribution in [0.15, 0.2) is 23.2 Å². The second kappa shape index (κ2) is 12.4. The Labute approximate surface area is 208 Å². The van der Waals surface area contributed by atoms with Gasteiger partial charge < -0.3 is 15.5 Å². The van der Waals surface area contributed by atoms with Gasteiger partial charge in [0.2, 0.25) is 0 Å². The molecule has 0 saturated carbocycles. The Bertz CT molecular complexity index is 892. The van der Waals surface area contributed by atoms with E-state index in [0.717, 1.165) is 62.2 Å². The summed E-state index contributed by atoms with van der Waals surface area (Å²) in [6.45, 7) is 13.9. The summed E-state index contributed by atoms with van der Waals surface area (Å²) in [4.78, 5) is 11.4.